The second-order valence-electron chi connectivity index (χ2n) is 6.87. The van der Waals surface area contributed by atoms with Crippen LogP contribution in [0.5, 0.6) is 0 Å². The molecule has 3 rings (SSSR count). The lowest BCUT2D eigenvalue weighted by atomic mass is 9.48. The van der Waals surface area contributed by atoms with Gasteiger partial charge in [-0.25, -0.2) is 0 Å². The molecule has 0 bridgehead atoms. The minimum atomic E-state index is -0.0457. The number of nitrogens with two attached hydrogens (primary N) is 1. The molecule has 2 heterocycles. The number of hydrogen-bond donors (Lipinski definition) is 1. The first-order valence-electron chi connectivity index (χ1n) is 7.19. The number of hydrogen-bond acceptors (Lipinski definition) is 4. The van der Waals surface area contributed by atoms with E-state index in [1.54, 1.807) is 0 Å². The molecule has 1 aliphatic carbocycles. The highest BCUT2D eigenvalue weighted by Crippen LogP contribution is 2.58. The van der Waals surface area contributed by atoms with Crippen molar-refractivity contribution in [3.63, 3.8) is 0 Å². The molecule has 2 N–H and O–H groups in total. The van der Waals surface area contributed by atoms with Gasteiger partial charge in [-0.05, 0) is 6.42 Å². The molecule has 2 saturated heterocycles. The summed E-state index contributed by atoms with van der Waals surface area (Å²) in [6.45, 7) is 11.3. The van der Waals surface area contributed by atoms with Gasteiger partial charge in [-0.15, -0.1) is 0 Å². The first-order valence-corrected chi connectivity index (χ1v) is 8.24. The van der Waals surface area contributed by atoms with Crippen molar-refractivity contribution in [1.82, 2.24) is 4.90 Å². The fraction of sp³-hybridized carbons (Fsp3) is 1.00. The normalized spacial score (nSPS) is 47.7. The molecule has 4 unspecified atom stereocenters. The lowest BCUT2D eigenvalue weighted by Crippen LogP contribution is -2.78. The number of fused-ring (bicyclic) bond motifs is 1. The van der Waals surface area contributed by atoms with E-state index in [4.69, 9.17) is 10.5 Å². The Bertz CT molecular complexity index is 336. The van der Waals surface area contributed by atoms with E-state index in [2.05, 4.69) is 37.4 Å². The van der Waals surface area contributed by atoms with E-state index in [0.717, 1.165) is 24.8 Å². The summed E-state index contributed by atoms with van der Waals surface area (Å²) in [6, 6.07) is 0. The second kappa shape index (κ2) is 4.37. The second-order valence-corrected chi connectivity index (χ2v) is 8.41. The van der Waals surface area contributed by atoms with Crippen LogP contribution in [0.2, 0.25) is 0 Å². The van der Waals surface area contributed by atoms with Gasteiger partial charge in [-0.3, -0.25) is 4.90 Å². The molecular weight excluding hydrogens is 244 g/mol. The van der Waals surface area contributed by atoms with Gasteiger partial charge in [-0.1, -0.05) is 20.8 Å². The summed E-state index contributed by atoms with van der Waals surface area (Å²) in [7, 11) is 0. The highest BCUT2D eigenvalue weighted by Gasteiger charge is 2.67. The van der Waals surface area contributed by atoms with Gasteiger partial charge >= 0.3 is 0 Å². The minimum absolute atomic E-state index is 0.0457. The maximum Gasteiger partial charge on any atom is 0.0691 e. The van der Waals surface area contributed by atoms with E-state index in [9.17, 15) is 0 Å². The van der Waals surface area contributed by atoms with Gasteiger partial charge < -0.3 is 10.5 Å². The molecule has 3 fully saturated rings. The maximum atomic E-state index is 6.81. The van der Waals surface area contributed by atoms with Crippen molar-refractivity contribution < 1.29 is 4.74 Å². The van der Waals surface area contributed by atoms with Crippen molar-refractivity contribution in [2.24, 2.45) is 17.1 Å². The van der Waals surface area contributed by atoms with Crippen LogP contribution in [-0.2, 0) is 4.74 Å². The Morgan fingerprint density at radius 2 is 2.22 bits per heavy atom. The van der Waals surface area contributed by atoms with Crippen LogP contribution in [0, 0.1) is 11.3 Å². The zero-order valence-electron chi connectivity index (χ0n) is 11.8. The number of thioether (sulfide) groups is 1. The summed E-state index contributed by atoms with van der Waals surface area (Å²) in [4.78, 5) is 2.58. The summed E-state index contributed by atoms with van der Waals surface area (Å²) in [5, 5.41) is 0.751. The molecule has 0 aromatic heterocycles. The van der Waals surface area contributed by atoms with Crippen molar-refractivity contribution in [2.75, 3.05) is 32.0 Å². The third-order valence-corrected chi connectivity index (χ3v) is 6.61. The average Bonchev–Trinajstić information content (AvgIpc) is 2.76. The Balaban J connectivity index is 1.71. The Morgan fingerprint density at radius 1 is 1.44 bits per heavy atom. The lowest BCUT2D eigenvalue weighted by Gasteiger charge is -2.63. The Morgan fingerprint density at radius 3 is 2.94 bits per heavy atom. The monoisotopic (exact) mass is 270 g/mol. The fourth-order valence-corrected chi connectivity index (χ4v) is 5.28. The van der Waals surface area contributed by atoms with Gasteiger partial charge in [0.15, 0.2) is 0 Å². The van der Waals surface area contributed by atoms with Crippen LogP contribution >= 0.6 is 11.8 Å². The maximum absolute atomic E-state index is 6.81. The van der Waals surface area contributed by atoms with Crippen molar-refractivity contribution >= 4 is 11.8 Å². The Hall–Kier alpha value is 0.230. The zero-order valence-corrected chi connectivity index (χ0v) is 12.6. The molecule has 0 spiro atoms. The smallest absolute Gasteiger partial charge is 0.0691 e. The summed E-state index contributed by atoms with van der Waals surface area (Å²) in [5.74, 6) is 1.83. The third-order valence-electron chi connectivity index (χ3n) is 5.47. The molecule has 0 radical (unpaired) electrons. The summed E-state index contributed by atoms with van der Waals surface area (Å²) in [6.07, 6.45) is 1.56. The quantitative estimate of drug-likeness (QED) is 0.826. The highest BCUT2D eigenvalue weighted by molar-refractivity contribution is 7.99. The molecule has 1 saturated carbocycles. The van der Waals surface area contributed by atoms with Crippen molar-refractivity contribution in [1.29, 1.82) is 0 Å². The molecular formula is C14H26N2OS. The van der Waals surface area contributed by atoms with Gasteiger partial charge in [0.25, 0.3) is 0 Å². The fourth-order valence-electron chi connectivity index (χ4n) is 4.20. The van der Waals surface area contributed by atoms with Gasteiger partial charge in [0, 0.05) is 54.1 Å². The predicted molar refractivity (Wildman–Crippen MR) is 76.9 cm³/mol. The zero-order chi connectivity index (χ0) is 13.0. The molecule has 3 nitrogen and oxygen atoms in total. The van der Waals surface area contributed by atoms with Crippen LogP contribution < -0.4 is 5.73 Å². The molecule has 4 atom stereocenters. The number of nitrogens with zero attached hydrogens (tertiary/aromatic N) is 1. The number of ether oxygens (including phenoxy) is 1. The van der Waals surface area contributed by atoms with E-state index in [-0.39, 0.29) is 11.0 Å². The van der Waals surface area contributed by atoms with E-state index >= 15 is 0 Å². The highest BCUT2D eigenvalue weighted by atomic mass is 32.2. The average molecular weight is 270 g/mol. The summed E-state index contributed by atoms with van der Waals surface area (Å²) < 4.78 is 5.87. The SMILES string of the molecule is CC1CN(CC2(N)C3CCOC3C2(C)C)CCS1. The van der Waals surface area contributed by atoms with Crippen LogP contribution in [0.15, 0.2) is 0 Å². The van der Waals surface area contributed by atoms with Crippen LogP contribution in [0.25, 0.3) is 0 Å². The summed E-state index contributed by atoms with van der Waals surface area (Å²) in [5.41, 5.74) is 6.89. The third kappa shape index (κ3) is 1.76. The van der Waals surface area contributed by atoms with Crippen molar-refractivity contribution in [2.45, 2.75) is 44.1 Å². The van der Waals surface area contributed by atoms with Gasteiger partial charge in [0.05, 0.1) is 6.10 Å². The topological polar surface area (TPSA) is 38.5 Å². The molecule has 18 heavy (non-hydrogen) atoms. The standard InChI is InChI=1S/C14H26N2OS/c1-10-8-16(5-7-18-10)9-14(15)11-4-6-17-12(11)13(14,2)3/h10-12H,4-9,15H2,1-3H3. The number of rotatable bonds is 2. The van der Waals surface area contributed by atoms with Crippen LogP contribution in [0.1, 0.15) is 27.2 Å². The van der Waals surface area contributed by atoms with Crippen LogP contribution in [0.4, 0.5) is 0 Å². The van der Waals surface area contributed by atoms with E-state index in [1.165, 1.54) is 18.8 Å². The van der Waals surface area contributed by atoms with Gasteiger partial charge in [-0.2, -0.15) is 11.8 Å². The first kappa shape index (κ1) is 13.2. The molecule has 2 aliphatic heterocycles. The predicted octanol–water partition coefficient (Wildman–Crippen LogP) is 1.57. The molecule has 0 aromatic rings. The molecule has 4 heteroatoms. The van der Waals surface area contributed by atoms with Gasteiger partial charge in [0.2, 0.25) is 0 Å². The van der Waals surface area contributed by atoms with Crippen LogP contribution in [-0.4, -0.2) is 53.8 Å². The molecule has 0 amide bonds. The van der Waals surface area contributed by atoms with E-state index in [1.807, 2.05) is 0 Å². The molecule has 104 valence electrons. The van der Waals surface area contributed by atoms with Gasteiger partial charge in [0.1, 0.15) is 0 Å². The summed E-state index contributed by atoms with van der Waals surface area (Å²) >= 11 is 2.09. The lowest BCUT2D eigenvalue weighted by molar-refractivity contribution is -0.163. The molecule has 0 aromatic carbocycles. The van der Waals surface area contributed by atoms with Crippen LogP contribution in [0.3, 0.4) is 0 Å². The Labute approximate surface area is 115 Å². The van der Waals surface area contributed by atoms with E-state index in [0.29, 0.717) is 12.0 Å². The van der Waals surface area contributed by atoms with E-state index < -0.39 is 0 Å². The minimum Gasteiger partial charge on any atom is -0.377 e. The molecule has 3 aliphatic rings. The van der Waals surface area contributed by atoms with Crippen molar-refractivity contribution in [3.8, 4) is 0 Å². The van der Waals surface area contributed by atoms with Crippen molar-refractivity contribution in [3.05, 3.63) is 0 Å². The Kier molecular flexibility index (Phi) is 3.21. The first-order chi connectivity index (χ1) is 8.45. The largest absolute Gasteiger partial charge is 0.377 e.